The summed E-state index contributed by atoms with van der Waals surface area (Å²) in [5, 5.41) is 11.0. The lowest BCUT2D eigenvalue weighted by Crippen LogP contribution is -2.37. The van der Waals surface area contributed by atoms with E-state index in [1.165, 1.54) is 0 Å². The van der Waals surface area contributed by atoms with Crippen molar-refractivity contribution < 1.29 is 19.4 Å². The van der Waals surface area contributed by atoms with Gasteiger partial charge in [0.2, 0.25) is 0 Å². The van der Waals surface area contributed by atoms with Crippen molar-refractivity contribution in [1.29, 1.82) is 0 Å². The van der Waals surface area contributed by atoms with Gasteiger partial charge < -0.3 is 14.7 Å². The highest BCUT2D eigenvalue weighted by molar-refractivity contribution is 6.05. The third-order valence-corrected chi connectivity index (χ3v) is 4.03. The van der Waals surface area contributed by atoms with Crippen LogP contribution in [0.5, 0.6) is 0 Å². The van der Waals surface area contributed by atoms with Gasteiger partial charge in [-0.3, -0.25) is 4.79 Å². The molecular weight excluding hydrogens is 282 g/mol. The van der Waals surface area contributed by atoms with Crippen molar-refractivity contribution in [3.05, 3.63) is 42.5 Å². The molecule has 1 heterocycles. The van der Waals surface area contributed by atoms with Crippen LogP contribution in [0.25, 0.3) is 10.8 Å². The van der Waals surface area contributed by atoms with E-state index < -0.39 is 18.2 Å². The normalized spacial score (nSPS) is 21.0. The average Bonchev–Trinajstić information content (AvgIpc) is 3.03. The second-order valence-electron chi connectivity index (χ2n) is 5.42. The fourth-order valence-corrected chi connectivity index (χ4v) is 2.84. The van der Waals surface area contributed by atoms with Gasteiger partial charge in [0, 0.05) is 12.4 Å². The lowest BCUT2D eigenvalue weighted by Gasteiger charge is -2.22. The number of nitrogens with zero attached hydrogens (tertiary/aromatic N) is 1. The van der Waals surface area contributed by atoms with Crippen molar-refractivity contribution >= 4 is 28.3 Å². The topological polar surface area (TPSA) is 66.8 Å². The molecule has 1 fully saturated rings. The highest BCUT2D eigenvalue weighted by atomic mass is 16.5. The first kappa shape index (κ1) is 14.5. The molecule has 0 spiro atoms. The first-order chi connectivity index (χ1) is 10.6. The van der Waals surface area contributed by atoms with Crippen LogP contribution < -0.4 is 4.90 Å². The van der Waals surface area contributed by atoms with Crippen molar-refractivity contribution in [2.75, 3.05) is 11.9 Å². The number of ether oxygens (including phenoxy) is 1. The first-order valence-corrected chi connectivity index (χ1v) is 7.21. The monoisotopic (exact) mass is 299 g/mol. The maximum Gasteiger partial charge on any atom is 0.332 e. The third-order valence-electron chi connectivity index (χ3n) is 4.03. The molecule has 1 amide bonds. The minimum absolute atomic E-state index is 0.208. The van der Waals surface area contributed by atoms with E-state index >= 15 is 0 Å². The Kier molecular flexibility index (Phi) is 3.81. The Bertz CT molecular complexity index is 722. The summed E-state index contributed by atoms with van der Waals surface area (Å²) in [7, 11) is 1.70. The maximum atomic E-state index is 12.6. The molecule has 1 aliphatic heterocycles. The molecule has 2 aromatic carbocycles. The molecule has 0 bridgehead atoms. The number of hydrogen-bond donors (Lipinski definition) is 1. The number of carboxylic acid groups (broad SMARTS) is 1. The number of hydrogen-bond acceptors (Lipinski definition) is 3. The predicted octanol–water partition coefficient (Wildman–Crippen LogP) is 2.43. The smallest absolute Gasteiger partial charge is 0.332 e. The van der Waals surface area contributed by atoms with Gasteiger partial charge in [-0.2, -0.15) is 0 Å². The van der Waals surface area contributed by atoms with E-state index in [2.05, 4.69) is 0 Å². The Morgan fingerprint density at radius 1 is 1.09 bits per heavy atom. The quantitative estimate of drug-likeness (QED) is 0.945. The Balaban J connectivity index is 1.85. The largest absolute Gasteiger partial charge is 0.479 e. The van der Waals surface area contributed by atoms with E-state index in [-0.39, 0.29) is 5.91 Å². The van der Waals surface area contributed by atoms with Gasteiger partial charge in [0.1, 0.15) is 6.10 Å². The molecule has 5 heteroatoms. The number of benzene rings is 2. The van der Waals surface area contributed by atoms with Crippen LogP contribution in [0.2, 0.25) is 0 Å². The molecule has 114 valence electrons. The first-order valence-electron chi connectivity index (χ1n) is 7.21. The second kappa shape index (κ2) is 5.77. The number of rotatable bonds is 3. The van der Waals surface area contributed by atoms with Crippen LogP contribution in [0, 0.1) is 0 Å². The summed E-state index contributed by atoms with van der Waals surface area (Å²) in [6, 6.07) is 13.6. The van der Waals surface area contributed by atoms with E-state index in [4.69, 9.17) is 9.84 Å². The van der Waals surface area contributed by atoms with Crippen molar-refractivity contribution in [1.82, 2.24) is 0 Å². The highest BCUT2D eigenvalue weighted by Crippen LogP contribution is 2.28. The predicted molar refractivity (Wildman–Crippen MR) is 82.9 cm³/mol. The van der Waals surface area contributed by atoms with Gasteiger partial charge >= 0.3 is 5.97 Å². The molecule has 0 unspecified atom stereocenters. The molecule has 3 rings (SSSR count). The van der Waals surface area contributed by atoms with Gasteiger partial charge in [0.05, 0.1) is 5.69 Å². The summed E-state index contributed by atoms with van der Waals surface area (Å²) >= 11 is 0. The SMILES string of the molecule is CN(C(=O)[C@@H]1CC[C@H](C(=O)O)O1)c1cccc2ccccc12. The Labute approximate surface area is 128 Å². The standard InChI is InChI=1S/C17H17NO4/c1-18(16(19)14-9-10-15(22-14)17(20)21)13-8-4-6-11-5-2-3-7-12(11)13/h2-8,14-15H,9-10H2,1H3,(H,20,21)/t14-,15+/m0/s1. The Morgan fingerprint density at radius 2 is 1.77 bits per heavy atom. The van der Waals surface area contributed by atoms with Crippen molar-refractivity contribution in [3.63, 3.8) is 0 Å². The van der Waals surface area contributed by atoms with Crippen LogP contribution in [0.1, 0.15) is 12.8 Å². The fourth-order valence-electron chi connectivity index (χ4n) is 2.84. The zero-order chi connectivity index (χ0) is 15.7. The lowest BCUT2D eigenvalue weighted by atomic mass is 10.1. The van der Waals surface area contributed by atoms with E-state index in [0.717, 1.165) is 16.5 Å². The molecule has 1 aliphatic rings. The number of anilines is 1. The molecule has 0 saturated carbocycles. The molecule has 2 aromatic rings. The van der Waals surface area contributed by atoms with Crippen LogP contribution in [0.4, 0.5) is 5.69 Å². The van der Waals surface area contributed by atoms with Gasteiger partial charge in [0.15, 0.2) is 6.10 Å². The number of aliphatic carboxylic acids is 1. The average molecular weight is 299 g/mol. The van der Waals surface area contributed by atoms with Gasteiger partial charge in [0.25, 0.3) is 5.91 Å². The van der Waals surface area contributed by atoms with Crippen LogP contribution >= 0.6 is 0 Å². The molecular formula is C17H17NO4. The fraction of sp³-hybridized carbons (Fsp3) is 0.294. The van der Waals surface area contributed by atoms with Gasteiger partial charge in [-0.1, -0.05) is 36.4 Å². The van der Waals surface area contributed by atoms with E-state index in [1.807, 2.05) is 42.5 Å². The molecule has 5 nitrogen and oxygen atoms in total. The van der Waals surface area contributed by atoms with E-state index in [1.54, 1.807) is 11.9 Å². The summed E-state index contributed by atoms with van der Waals surface area (Å²) in [5.74, 6) is -1.22. The van der Waals surface area contributed by atoms with Gasteiger partial charge in [-0.15, -0.1) is 0 Å². The maximum absolute atomic E-state index is 12.6. The summed E-state index contributed by atoms with van der Waals surface area (Å²) in [6.07, 6.45) is -0.764. The van der Waals surface area contributed by atoms with Crippen LogP contribution in [-0.2, 0) is 14.3 Å². The third kappa shape index (κ3) is 2.55. The molecule has 2 atom stereocenters. The van der Waals surface area contributed by atoms with Gasteiger partial charge in [-0.25, -0.2) is 4.79 Å². The molecule has 0 aromatic heterocycles. The number of carbonyl (C=O) groups excluding carboxylic acids is 1. The number of carboxylic acids is 1. The lowest BCUT2D eigenvalue weighted by molar-refractivity contribution is -0.151. The van der Waals surface area contributed by atoms with Gasteiger partial charge in [-0.05, 0) is 24.3 Å². The minimum Gasteiger partial charge on any atom is -0.479 e. The van der Waals surface area contributed by atoms with Crippen molar-refractivity contribution in [2.24, 2.45) is 0 Å². The van der Waals surface area contributed by atoms with Crippen LogP contribution in [-0.4, -0.2) is 36.2 Å². The molecule has 1 saturated heterocycles. The van der Waals surface area contributed by atoms with E-state index in [0.29, 0.717) is 12.8 Å². The Morgan fingerprint density at radius 3 is 2.50 bits per heavy atom. The zero-order valence-electron chi connectivity index (χ0n) is 12.2. The zero-order valence-corrected chi connectivity index (χ0v) is 12.2. The summed E-state index contributed by atoms with van der Waals surface area (Å²) in [5.41, 5.74) is 0.797. The number of carbonyl (C=O) groups is 2. The molecule has 1 N–H and O–H groups in total. The molecule has 0 aliphatic carbocycles. The summed E-state index contributed by atoms with van der Waals surface area (Å²) in [6.45, 7) is 0. The summed E-state index contributed by atoms with van der Waals surface area (Å²) in [4.78, 5) is 25.1. The number of likely N-dealkylation sites (N-methyl/N-ethyl adjacent to an activating group) is 1. The number of fused-ring (bicyclic) bond motifs is 1. The van der Waals surface area contributed by atoms with E-state index in [9.17, 15) is 9.59 Å². The van der Waals surface area contributed by atoms with Crippen LogP contribution in [0.3, 0.4) is 0 Å². The molecule has 22 heavy (non-hydrogen) atoms. The highest BCUT2D eigenvalue weighted by Gasteiger charge is 2.36. The Hall–Kier alpha value is -2.40. The van der Waals surface area contributed by atoms with Crippen molar-refractivity contribution in [2.45, 2.75) is 25.0 Å². The van der Waals surface area contributed by atoms with Crippen molar-refractivity contribution in [3.8, 4) is 0 Å². The second-order valence-corrected chi connectivity index (χ2v) is 5.42. The van der Waals surface area contributed by atoms with Crippen LogP contribution in [0.15, 0.2) is 42.5 Å². The number of amides is 1. The summed E-state index contributed by atoms with van der Waals surface area (Å²) < 4.78 is 5.35. The minimum atomic E-state index is -1.01. The molecule has 0 radical (unpaired) electrons.